The van der Waals surface area contributed by atoms with Crippen molar-refractivity contribution >= 4 is 14.1 Å². The van der Waals surface area contributed by atoms with Gasteiger partial charge in [-0.2, -0.15) is 0 Å². The lowest BCUT2D eigenvalue weighted by Crippen LogP contribution is -2.68. The van der Waals surface area contributed by atoms with Gasteiger partial charge in [0.2, 0.25) is 0 Å². The van der Waals surface area contributed by atoms with Crippen LogP contribution >= 0.6 is 0 Å². The summed E-state index contributed by atoms with van der Waals surface area (Å²) >= 11 is 0. The lowest BCUT2D eigenvalue weighted by Gasteiger charge is -2.60. The van der Waals surface area contributed by atoms with Gasteiger partial charge in [-0.25, -0.2) is 0 Å². The predicted octanol–water partition coefficient (Wildman–Crippen LogP) is 9.34. The van der Waals surface area contributed by atoms with Crippen LogP contribution in [0.3, 0.4) is 0 Å². The largest absolute Gasteiger partial charge is 0.414 e. The highest BCUT2D eigenvalue weighted by molar-refractivity contribution is 6.73. The number of hydrogen-bond acceptors (Lipinski definition) is 5. The fourth-order valence-corrected chi connectivity index (χ4v) is 12.4. The first-order valence-corrected chi connectivity index (χ1v) is 20.0. The molecule has 0 unspecified atom stereocenters. The molecule has 6 heteroatoms. The normalized spacial score (nSPS) is 34.6. The average molecular weight is 631 g/mol. The van der Waals surface area contributed by atoms with Gasteiger partial charge in [-0.15, -0.1) is 0 Å². The molecule has 0 radical (unpaired) electrons. The zero-order valence-electron chi connectivity index (χ0n) is 28.6. The molecule has 1 heterocycles. The van der Waals surface area contributed by atoms with Gasteiger partial charge in [-0.1, -0.05) is 106 Å². The average Bonchev–Trinajstić information content (AvgIpc) is 3.44. The molecule has 5 nitrogen and oxygen atoms in total. The molecule has 2 aromatic carbocycles. The second kappa shape index (κ2) is 12.5. The number of allylic oxidation sites excluding steroid dienone is 1. The highest BCUT2D eigenvalue weighted by Crippen LogP contribution is 2.65. The van der Waals surface area contributed by atoms with Gasteiger partial charge in [0.1, 0.15) is 11.4 Å². The Morgan fingerprint density at radius 3 is 2.20 bits per heavy atom. The predicted molar refractivity (Wildman–Crippen MR) is 181 cm³/mol. The van der Waals surface area contributed by atoms with Crippen molar-refractivity contribution in [2.75, 3.05) is 0 Å². The molecule has 45 heavy (non-hydrogen) atoms. The van der Waals surface area contributed by atoms with E-state index in [1.165, 1.54) is 11.1 Å². The monoisotopic (exact) mass is 630 g/mol. The summed E-state index contributed by atoms with van der Waals surface area (Å²) in [4.78, 5) is 15.1. The first-order valence-electron chi connectivity index (χ1n) is 17.5. The molecule has 3 fully saturated rings. The number of carbonyl (C=O) groups is 1. The molecule has 0 N–H and O–H groups in total. The van der Waals surface area contributed by atoms with Crippen molar-refractivity contribution < 1.29 is 23.4 Å². The Labute approximate surface area is 272 Å². The standard InChI is InChI=1S/C39H54O5Si/c1-8-45(9-2,10-3)44-31-21-22-33(41-26-28-17-13-11-14-18-28)38(7)32(40)25-30-27(4)23-24-39(37(30,5)6)35(34(31)38)42-36(43-39)29-19-15-12-16-20-29/h11-20,31,33-36H,8-10,21-26H2,1-7H3/t31-,33+,34+,35+,36-,38-,39-/m1/s1. The third kappa shape index (κ3) is 5.33. The van der Waals surface area contributed by atoms with E-state index in [4.69, 9.17) is 18.6 Å². The SMILES string of the molecule is CC[Si](CC)(CC)O[C@@H]1CC[C@H](OCc2ccccc2)[C@@]2(C)C(=O)CC3=C(C)CC[C@]4(O[C@H](c5ccccc5)O[C@H]4[C@H]12)C3(C)C. The number of ketones is 1. The number of fused-ring (bicyclic) bond motifs is 3. The van der Waals surface area contributed by atoms with Gasteiger partial charge in [0.15, 0.2) is 14.6 Å². The van der Waals surface area contributed by atoms with Crippen LogP contribution in [0.15, 0.2) is 71.8 Å². The quantitative estimate of drug-likeness (QED) is 0.204. The first-order chi connectivity index (χ1) is 21.5. The molecule has 4 aliphatic rings. The summed E-state index contributed by atoms with van der Waals surface area (Å²) in [5, 5.41) is 0. The van der Waals surface area contributed by atoms with Gasteiger partial charge in [-0.05, 0) is 63.2 Å². The van der Waals surface area contributed by atoms with E-state index in [9.17, 15) is 0 Å². The third-order valence-corrected chi connectivity index (χ3v) is 17.4. The summed E-state index contributed by atoms with van der Waals surface area (Å²) < 4.78 is 28.9. The Hall–Kier alpha value is -2.09. The fraction of sp³-hybridized carbons (Fsp3) is 0.615. The number of benzene rings is 2. The number of Topliss-reactive ketones (excluding diaryl/α,β-unsaturated/α-hetero) is 1. The van der Waals surface area contributed by atoms with Gasteiger partial charge in [0, 0.05) is 23.3 Å². The molecule has 2 bridgehead atoms. The smallest absolute Gasteiger partial charge is 0.192 e. The maximum Gasteiger partial charge on any atom is 0.192 e. The van der Waals surface area contributed by atoms with Crippen molar-refractivity contribution in [2.24, 2.45) is 16.7 Å². The number of ether oxygens (including phenoxy) is 3. The number of rotatable bonds is 9. The summed E-state index contributed by atoms with van der Waals surface area (Å²) in [5.41, 5.74) is 2.94. The second-order valence-electron chi connectivity index (χ2n) is 14.9. The summed E-state index contributed by atoms with van der Waals surface area (Å²) in [6.07, 6.45) is 2.71. The van der Waals surface area contributed by atoms with E-state index in [1.54, 1.807) is 0 Å². The molecular formula is C39H54O5Si. The molecule has 7 atom stereocenters. The van der Waals surface area contributed by atoms with Crippen LogP contribution in [0.5, 0.6) is 0 Å². The highest BCUT2D eigenvalue weighted by atomic mass is 28.4. The Balaban J connectivity index is 1.51. The molecule has 2 saturated carbocycles. The van der Waals surface area contributed by atoms with E-state index >= 15 is 4.79 Å². The van der Waals surface area contributed by atoms with Crippen LogP contribution in [0.4, 0.5) is 0 Å². The van der Waals surface area contributed by atoms with Crippen LogP contribution in [0.1, 0.15) is 98.0 Å². The van der Waals surface area contributed by atoms with Crippen molar-refractivity contribution in [3.05, 3.63) is 82.9 Å². The van der Waals surface area contributed by atoms with Crippen molar-refractivity contribution in [2.45, 2.75) is 136 Å². The van der Waals surface area contributed by atoms with Gasteiger partial charge >= 0.3 is 0 Å². The zero-order valence-corrected chi connectivity index (χ0v) is 29.6. The maximum absolute atomic E-state index is 15.1. The van der Waals surface area contributed by atoms with E-state index in [0.29, 0.717) is 13.0 Å². The maximum atomic E-state index is 15.1. The van der Waals surface area contributed by atoms with Gasteiger partial charge in [0.05, 0.1) is 30.3 Å². The van der Waals surface area contributed by atoms with Crippen molar-refractivity contribution in [1.82, 2.24) is 0 Å². The minimum absolute atomic E-state index is 0.0913. The summed E-state index contributed by atoms with van der Waals surface area (Å²) in [5.74, 6) is 0.0734. The van der Waals surface area contributed by atoms with E-state index < -0.39 is 25.6 Å². The van der Waals surface area contributed by atoms with Crippen molar-refractivity contribution in [3.8, 4) is 0 Å². The Morgan fingerprint density at radius 1 is 0.911 bits per heavy atom. The molecule has 1 saturated heterocycles. The molecule has 3 aliphatic carbocycles. The molecule has 0 aromatic heterocycles. The lowest BCUT2D eigenvalue weighted by atomic mass is 9.49. The Kier molecular flexibility index (Phi) is 9.12. The van der Waals surface area contributed by atoms with Crippen LogP contribution in [-0.2, 0) is 30.0 Å². The minimum Gasteiger partial charge on any atom is -0.414 e. The Bertz CT molecular complexity index is 1380. The van der Waals surface area contributed by atoms with Crippen LogP contribution in [0.2, 0.25) is 18.1 Å². The van der Waals surface area contributed by atoms with Crippen LogP contribution in [0, 0.1) is 16.7 Å². The van der Waals surface area contributed by atoms with Gasteiger partial charge < -0.3 is 18.6 Å². The van der Waals surface area contributed by atoms with E-state index in [-0.39, 0.29) is 35.4 Å². The topological polar surface area (TPSA) is 54.0 Å². The fourth-order valence-electron chi connectivity index (χ4n) is 9.46. The molecule has 1 spiro atoms. The molecule has 2 aromatic rings. The second-order valence-corrected chi connectivity index (χ2v) is 19.6. The molecule has 6 rings (SSSR count). The van der Waals surface area contributed by atoms with Crippen LogP contribution < -0.4 is 0 Å². The highest BCUT2D eigenvalue weighted by Gasteiger charge is 2.70. The van der Waals surface area contributed by atoms with Crippen LogP contribution in [0.25, 0.3) is 0 Å². The lowest BCUT2D eigenvalue weighted by molar-refractivity contribution is -0.196. The summed E-state index contributed by atoms with van der Waals surface area (Å²) in [7, 11) is -2.02. The minimum atomic E-state index is -2.02. The van der Waals surface area contributed by atoms with Gasteiger partial charge in [0.25, 0.3) is 0 Å². The van der Waals surface area contributed by atoms with Crippen molar-refractivity contribution in [1.29, 1.82) is 0 Å². The van der Waals surface area contributed by atoms with Crippen LogP contribution in [-0.4, -0.2) is 38.0 Å². The summed E-state index contributed by atoms with van der Waals surface area (Å²) in [6, 6.07) is 23.9. The molecular weight excluding hydrogens is 577 g/mol. The zero-order chi connectivity index (χ0) is 32.0. The first kappa shape index (κ1) is 32.8. The Morgan fingerprint density at radius 2 is 1.56 bits per heavy atom. The van der Waals surface area contributed by atoms with E-state index in [0.717, 1.165) is 54.9 Å². The third-order valence-electron chi connectivity index (χ3n) is 12.7. The summed E-state index contributed by atoms with van der Waals surface area (Å²) in [6.45, 7) is 16.4. The molecule has 0 amide bonds. The molecule has 1 aliphatic heterocycles. The van der Waals surface area contributed by atoms with E-state index in [2.05, 4.69) is 97.0 Å². The number of hydrogen-bond donors (Lipinski definition) is 0. The van der Waals surface area contributed by atoms with Crippen molar-refractivity contribution in [3.63, 3.8) is 0 Å². The number of carbonyl (C=O) groups excluding carboxylic acids is 1. The molecule has 244 valence electrons. The van der Waals surface area contributed by atoms with E-state index in [1.807, 2.05) is 12.1 Å². The van der Waals surface area contributed by atoms with Gasteiger partial charge in [-0.3, -0.25) is 4.79 Å².